The minimum absolute atomic E-state index is 0.0337. The van der Waals surface area contributed by atoms with Gasteiger partial charge in [-0.1, -0.05) is 0 Å². The Balaban J connectivity index is 2.30. The van der Waals surface area contributed by atoms with Crippen LogP contribution in [0.2, 0.25) is 0 Å². The number of esters is 2. The lowest BCUT2D eigenvalue weighted by atomic mass is 9.82. The van der Waals surface area contributed by atoms with E-state index in [0.29, 0.717) is 5.56 Å². The second-order valence-corrected chi connectivity index (χ2v) is 6.19. The highest BCUT2D eigenvalue weighted by Crippen LogP contribution is 2.45. The van der Waals surface area contributed by atoms with E-state index in [4.69, 9.17) is 14.2 Å². The second kappa shape index (κ2) is 6.80. The van der Waals surface area contributed by atoms with Crippen molar-refractivity contribution in [3.05, 3.63) is 46.0 Å². The van der Waals surface area contributed by atoms with Crippen LogP contribution in [0.5, 0.6) is 23.0 Å². The van der Waals surface area contributed by atoms with Crippen molar-refractivity contribution in [2.45, 2.75) is 20.8 Å². The lowest BCUT2D eigenvalue weighted by Crippen LogP contribution is -2.23. The van der Waals surface area contributed by atoms with E-state index in [1.54, 1.807) is 6.92 Å². The summed E-state index contributed by atoms with van der Waals surface area (Å²) in [6.07, 6.45) is 0. The molecule has 8 nitrogen and oxygen atoms in total. The first kappa shape index (κ1) is 19.1. The lowest BCUT2D eigenvalue weighted by Gasteiger charge is -2.23. The Kier molecular flexibility index (Phi) is 4.64. The van der Waals surface area contributed by atoms with Crippen LogP contribution in [0, 0.1) is 6.92 Å². The SMILES string of the molecule is COc1cc(O)c2c(c1OC(C)=O)C(=O)c1cc(C)c(OC(C)=O)cc1C2=O. The summed E-state index contributed by atoms with van der Waals surface area (Å²) in [7, 11) is 1.27. The predicted molar refractivity (Wildman–Crippen MR) is 95.3 cm³/mol. The number of hydrogen-bond donors (Lipinski definition) is 1. The molecule has 0 spiro atoms. The van der Waals surface area contributed by atoms with E-state index in [9.17, 15) is 24.3 Å². The fourth-order valence-electron chi connectivity index (χ4n) is 3.07. The largest absolute Gasteiger partial charge is 0.507 e. The number of ether oxygens (including phenoxy) is 3. The molecule has 0 saturated carbocycles. The van der Waals surface area contributed by atoms with Crippen LogP contribution in [0.1, 0.15) is 51.3 Å². The molecular weight excluding hydrogens is 368 g/mol. The van der Waals surface area contributed by atoms with Crippen molar-refractivity contribution in [2.24, 2.45) is 0 Å². The van der Waals surface area contributed by atoms with Gasteiger partial charge in [0.05, 0.1) is 18.2 Å². The molecule has 144 valence electrons. The van der Waals surface area contributed by atoms with Gasteiger partial charge < -0.3 is 19.3 Å². The molecule has 28 heavy (non-hydrogen) atoms. The molecule has 3 rings (SSSR count). The summed E-state index contributed by atoms with van der Waals surface area (Å²) in [5, 5.41) is 10.3. The van der Waals surface area contributed by atoms with Crippen molar-refractivity contribution < 1.29 is 38.5 Å². The van der Waals surface area contributed by atoms with Gasteiger partial charge in [0.15, 0.2) is 23.1 Å². The Bertz CT molecular complexity index is 1060. The van der Waals surface area contributed by atoms with Gasteiger partial charge in [-0.25, -0.2) is 0 Å². The Morgan fingerprint density at radius 2 is 1.43 bits per heavy atom. The minimum atomic E-state index is -0.723. The van der Waals surface area contributed by atoms with Gasteiger partial charge in [-0.3, -0.25) is 19.2 Å². The van der Waals surface area contributed by atoms with Gasteiger partial charge in [-0.15, -0.1) is 0 Å². The summed E-state index contributed by atoms with van der Waals surface area (Å²) in [6, 6.07) is 3.78. The van der Waals surface area contributed by atoms with Gasteiger partial charge in [0, 0.05) is 31.0 Å². The fourth-order valence-corrected chi connectivity index (χ4v) is 3.07. The fraction of sp³-hybridized carbons (Fsp3) is 0.200. The van der Waals surface area contributed by atoms with E-state index < -0.39 is 29.3 Å². The van der Waals surface area contributed by atoms with Crippen LogP contribution in [0.15, 0.2) is 18.2 Å². The Labute approximate surface area is 159 Å². The number of fused-ring (bicyclic) bond motifs is 2. The Morgan fingerprint density at radius 1 is 0.857 bits per heavy atom. The van der Waals surface area contributed by atoms with E-state index in [-0.39, 0.29) is 39.5 Å². The molecule has 0 atom stereocenters. The van der Waals surface area contributed by atoms with Crippen LogP contribution in [0.4, 0.5) is 0 Å². The smallest absolute Gasteiger partial charge is 0.308 e. The molecule has 1 aliphatic carbocycles. The van der Waals surface area contributed by atoms with Gasteiger partial charge >= 0.3 is 11.9 Å². The second-order valence-electron chi connectivity index (χ2n) is 6.19. The summed E-state index contributed by atoms with van der Waals surface area (Å²) in [6.45, 7) is 3.96. The number of benzene rings is 2. The topological polar surface area (TPSA) is 116 Å². The number of methoxy groups -OCH3 is 1. The molecule has 1 aliphatic rings. The third kappa shape index (κ3) is 2.98. The molecule has 0 aromatic heterocycles. The number of phenolic OH excluding ortho intramolecular Hbond substituents is 1. The van der Waals surface area contributed by atoms with Crippen molar-refractivity contribution >= 4 is 23.5 Å². The summed E-state index contributed by atoms with van der Waals surface area (Å²) in [5.74, 6) is -3.29. The highest BCUT2D eigenvalue weighted by molar-refractivity contribution is 6.30. The zero-order chi connectivity index (χ0) is 20.7. The number of carbonyl (C=O) groups excluding carboxylic acids is 4. The van der Waals surface area contributed by atoms with E-state index >= 15 is 0 Å². The molecule has 0 amide bonds. The number of carbonyl (C=O) groups is 4. The van der Waals surface area contributed by atoms with Crippen molar-refractivity contribution in [1.82, 2.24) is 0 Å². The minimum Gasteiger partial charge on any atom is -0.507 e. The normalized spacial score (nSPS) is 12.1. The van der Waals surface area contributed by atoms with E-state index in [1.165, 1.54) is 26.2 Å². The first-order valence-electron chi connectivity index (χ1n) is 8.20. The molecule has 2 aromatic carbocycles. The maximum Gasteiger partial charge on any atom is 0.308 e. The van der Waals surface area contributed by atoms with Gasteiger partial charge in [-0.05, 0) is 24.6 Å². The first-order valence-corrected chi connectivity index (χ1v) is 8.20. The number of aryl methyl sites for hydroxylation is 1. The molecule has 1 N–H and O–H groups in total. The molecule has 0 unspecified atom stereocenters. The molecule has 0 radical (unpaired) electrons. The van der Waals surface area contributed by atoms with Crippen molar-refractivity contribution in [3.8, 4) is 23.0 Å². The quantitative estimate of drug-likeness (QED) is 0.540. The average Bonchev–Trinajstić information content (AvgIpc) is 2.61. The molecule has 0 saturated heterocycles. The van der Waals surface area contributed by atoms with E-state index in [1.807, 2.05) is 0 Å². The molecule has 0 bridgehead atoms. The average molecular weight is 384 g/mol. The summed E-state index contributed by atoms with van der Waals surface area (Å²) in [5.41, 5.74) is -0.114. The van der Waals surface area contributed by atoms with Crippen LogP contribution in [-0.4, -0.2) is 35.7 Å². The van der Waals surface area contributed by atoms with Gasteiger partial charge in [0.1, 0.15) is 11.5 Å². The van der Waals surface area contributed by atoms with Crippen LogP contribution < -0.4 is 14.2 Å². The Morgan fingerprint density at radius 3 is 2.00 bits per heavy atom. The molecule has 8 heteroatoms. The van der Waals surface area contributed by atoms with Crippen LogP contribution in [0.25, 0.3) is 0 Å². The van der Waals surface area contributed by atoms with Crippen LogP contribution in [0.3, 0.4) is 0 Å². The molecule has 0 aliphatic heterocycles. The summed E-state index contributed by atoms with van der Waals surface area (Å²) in [4.78, 5) is 48.9. The molecule has 0 heterocycles. The van der Waals surface area contributed by atoms with Crippen molar-refractivity contribution in [2.75, 3.05) is 7.11 Å². The van der Waals surface area contributed by atoms with Crippen LogP contribution >= 0.6 is 0 Å². The molecule has 2 aromatic rings. The van der Waals surface area contributed by atoms with Crippen molar-refractivity contribution in [1.29, 1.82) is 0 Å². The standard InChI is InChI=1S/C20H16O8/c1-8-5-11-12(6-14(8)27-9(2)21)18(24)16-13(23)7-15(26-4)20(28-10(3)22)17(16)19(11)25/h5-7,23H,1-4H3. The summed E-state index contributed by atoms with van der Waals surface area (Å²) >= 11 is 0. The maximum absolute atomic E-state index is 13.1. The number of hydrogen-bond acceptors (Lipinski definition) is 8. The highest BCUT2D eigenvalue weighted by atomic mass is 16.6. The number of ketones is 2. The summed E-state index contributed by atoms with van der Waals surface area (Å²) < 4.78 is 15.3. The third-order valence-corrected chi connectivity index (χ3v) is 4.20. The van der Waals surface area contributed by atoms with Crippen molar-refractivity contribution in [3.63, 3.8) is 0 Å². The molecule has 0 fully saturated rings. The predicted octanol–water partition coefficient (Wildman–Crippen LogP) is 2.34. The first-order chi connectivity index (χ1) is 13.1. The number of rotatable bonds is 3. The van der Waals surface area contributed by atoms with E-state index in [2.05, 4.69) is 0 Å². The number of aromatic hydroxyl groups is 1. The van der Waals surface area contributed by atoms with Gasteiger partial charge in [0.2, 0.25) is 0 Å². The maximum atomic E-state index is 13.1. The van der Waals surface area contributed by atoms with Gasteiger partial charge in [-0.2, -0.15) is 0 Å². The lowest BCUT2D eigenvalue weighted by molar-refractivity contribution is -0.132. The third-order valence-electron chi connectivity index (χ3n) is 4.20. The molecular formula is C20H16O8. The zero-order valence-corrected chi connectivity index (χ0v) is 15.5. The van der Waals surface area contributed by atoms with E-state index in [0.717, 1.165) is 13.0 Å². The highest BCUT2D eigenvalue weighted by Gasteiger charge is 2.38. The Hall–Kier alpha value is -3.68. The zero-order valence-electron chi connectivity index (χ0n) is 15.5. The van der Waals surface area contributed by atoms with Crippen LogP contribution in [-0.2, 0) is 9.59 Å². The monoisotopic (exact) mass is 384 g/mol. The number of phenols is 1. The van der Waals surface area contributed by atoms with Gasteiger partial charge in [0.25, 0.3) is 0 Å².